The number of carbonyl (C=O) groups excluding carboxylic acids is 1. The molecule has 4 aliphatic heterocycles. The smallest absolute Gasteiger partial charge is 0.165 e. The van der Waals surface area contributed by atoms with Gasteiger partial charge in [0, 0.05) is 57.6 Å². The average Bonchev–Trinajstić information content (AvgIpc) is 3.26. The normalized spacial score (nSPS) is 19.1. The molecule has 8 rings (SSSR count). The summed E-state index contributed by atoms with van der Waals surface area (Å²) in [6.45, 7) is 7.66. The maximum Gasteiger partial charge on any atom is 0.165 e. The molecule has 0 unspecified atom stereocenters. The summed E-state index contributed by atoms with van der Waals surface area (Å²) in [4.78, 5) is 10.1. The first-order chi connectivity index (χ1) is 27.1. The lowest BCUT2D eigenvalue weighted by molar-refractivity contribution is -0.113. The molecule has 2 fully saturated rings. The largest absolute Gasteiger partial charge is 0.489 e. The van der Waals surface area contributed by atoms with Gasteiger partial charge in [-0.1, -0.05) is 60.7 Å². The van der Waals surface area contributed by atoms with E-state index < -0.39 is 0 Å². The highest BCUT2D eigenvalue weighted by molar-refractivity contribution is 5.53. The van der Waals surface area contributed by atoms with Gasteiger partial charge in [-0.3, -0.25) is 0 Å². The highest BCUT2D eigenvalue weighted by atomic mass is 16.6. The lowest BCUT2D eigenvalue weighted by Crippen LogP contribution is -2.40. The van der Waals surface area contributed by atoms with E-state index in [9.17, 15) is 4.79 Å². The van der Waals surface area contributed by atoms with Gasteiger partial charge in [0.15, 0.2) is 23.0 Å². The van der Waals surface area contributed by atoms with Crippen molar-refractivity contribution in [2.75, 3.05) is 59.3 Å². The van der Waals surface area contributed by atoms with E-state index in [4.69, 9.17) is 43.6 Å². The number of hydrogen-bond donors (Lipinski definition) is 2. The van der Waals surface area contributed by atoms with Crippen LogP contribution in [-0.2, 0) is 27.5 Å². The van der Waals surface area contributed by atoms with Gasteiger partial charge in [0.05, 0.1) is 0 Å². The van der Waals surface area contributed by atoms with E-state index >= 15 is 0 Å². The summed E-state index contributed by atoms with van der Waals surface area (Å²) in [6, 6.07) is 31.5. The van der Waals surface area contributed by atoms with E-state index in [1.54, 1.807) is 0 Å². The molecule has 2 atom stereocenters. The maximum absolute atomic E-state index is 10.1. The molecular weight excluding hydrogens is 700 g/mol. The Morgan fingerprint density at radius 1 is 0.618 bits per heavy atom. The molecule has 0 aliphatic carbocycles. The second-order valence-corrected chi connectivity index (χ2v) is 13.9. The summed E-state index contributed by atoms with van der Waals surface area (Å²) >= 11 is 0. The molecule has 0 saturated carbocycles. The summed E-state index contributed by atoms with van der Waals surface area (Å²) in [5.41, 5.74) is 7.87. The van der Waals surface area contributed by atoms with Crippen LogP contribution >= 0.6 is 0 Å². The third-order valence-corrected chi connectivity index (χ3v) is 9.63. The molecule has 4 heterocycles. The molecule has 294 valence electrons. The molecule has 4 aliphatic rings. The standard InChI is InChI=1S/C22H27NO4.C16H17NO3.C6H10O2/c1-2-4-18(5-3-1)15-25-19-6-7-21-22(12-19)27-20(16-26-21)14-23-13-17-8-10-24-11-9-17;17-9-14-11-19-15-7-6-13(8-16(15)20-14)18-10-12-4-2-1-3-5-12;7-5-6-1-3-8-4-2-6/h1-7,12,17,20,23H,8-11,13-16H2;1-8,14H,9-11,17H2;5-6H,1-4H2/t20-;14-;/m11./s1. The zero-order valence-electron chi connectivity index (χ0n) is 31.5. The van der Waals surface area contributed by atoms with Gasteiger partial charge in [-0.15, -0.1) is 0 Å². The molecule has 2 saturated heterocycles. The number of nitrogens with two attached hydrogens (primary N) is 1. The van der Waals surface area contributed by atoms with E-state index in [0.717, 1.165) is 111 Å². The first kappa shape index (κ1) is 39.9. The van der Waals surface area contributed by atoms with Crippen LogP contribution in [0, 0.1) is 11.8 Å². The Balaban J connectivity index is 0.000000160. The molecule has 0 radical (unpaired) electrons. The highest BCUT2D eigenvalue weighted by Crippen LogP contribution is 2.36. The Labute approximate surface area is 324 Å². The fraction of sp³-hybridized carbons (Fsp3) is 0.432. The monoisotopic (exact) mass is 754 g/mol. The predicted molar refractivity (Wildman–Crippen MR) is 209 cm³/mol. The second-order valence-electron chi connectivity index (χ2n) is 13.9. The minimum atomic E-state index is -0.0909. The zero-order chi connectivity index (χ0) is 37.9. The van der Waals surface area contributed by atoms with Crippen molar-refractivity contribution >= 4 is 6.29 Å². The Hall–Kier alpha value is -4.81. The first-order valence-electron chi connectivity index (χ1n) is 19.4. The Morgan fingerprint density at radius 2 is 1.13 bits per heavy atom. The molecule has 4 aromatic rings. The van der Waals surface area contributed by atoms with Crippen molar-refractivity contribution in [1.29, 1.82) is 0 Å². The van der Waals surface area contributed by atoms with Crippen molar-refractivity contribution in [1.82, 2.24) is 5.32 Å². The van der Waals surface area contributed by atoms with Gasteiger partial charge in [-0.05, 0) is 73.5 Å². The van der Waals surface area contributed by atoms with E-state index in [0.29, 0.717) is 44.6 Å². The maximum atomic E-state index is 10.1. The van der Waals surface area contributed by atoms with Crippen molar-refractivity contribution in [2.24, 2.45) is 17.6 Å². The van der Waals surface area contributed by atoms with Crippen molar-refractivity contribution in [2.45, 2.75) is 51.1 Å². The van der Waals surface area contributed by atoms with Gasteiger partial charge < -0.3 is 53.7 Å². The quantitative estimate of drug-likeness (QED) is 0.156. The predicted octanol–water partition coefficient (Wildman–Crippen LogP) is 6.40. The van der Waals surface area contributed by atoms with Gasteiger partial charge in [0.2, 0.25) is 0 Å². The molecular formula is C44H54N2O9. The molecule has 55 heavy (non-hydrogen) atoms. The third kappa shape index (κ3) is 13.2. The summed E-state index contributed by atoms with van der Waals surface area (Å²) < 4.78 is 45.4. The van der Waals surface area contributed by atoms with Crippen LogP contribution in [0.3, 0.4) is 0 Å². The van der Waals surface area contributed by atoms with Crippen LogP contribution in [0.15, 0.2) is 97.1 Å². The van der Waals surface area contributed by atoms with Crippen LogP contribution in [0.5, 0.6) is 34.5 Å². The van der Waals surface area contributed by atoms with Crippen LogP contribution in [0.1, 0.15) is 36.8 Å². The lowest BCUT2D eigenvalue weighted by atomic mass is 10.0. The van der Waals surface area contributed by atoms with Crippen LogP contribution in [0.2, 0.25) is 0 Å². The van der Waals surface area contributed by atoms with Crippen molar-refractivity contribution in [3.05, 3.63) is 108 Å². The fourth-order valence-corrected chi connectivity index (χ4v) is 6.32. The van der Waals surface area contributed by atoms with Crippen molar-refractivity contribution in [3.8, 4) is 34.5 Å². The zero-order valence-corrected chi connectivity index (χ0v) is 31.5. The molecule has 4 aromatic carbocycles. The van der Waals surface area contributed by atoms with Gasteiger partial charge >= 0.3 is 0 Å². The molecule has 11 nitrogen and oxygen atoms in total. The molecule has 3 N–H and O–H groups in total. The summed E-state index contributed by atoms with van der Waals surface area (Å²) in [5, 5.41) is 3.53. The molecule has 0 aromatic heterocycles. The number of aldehydes is 1. The number of carbonyl (C=O) groups is 1. The van der Waals surface area contributed by atoms with E-state index in [1.165, 1.54) is 0 Å². The van der Waals surface area contributed by atoms with Gasteiger partial charge in [-0.25, -0.2) is 0 Å². The minimum Gasteiger partial charge on any atom is -0.489 e. The average molecular weight is 755 g/mol. The van der Waals surface area contributed by atoms with Crippen molar-refractivity contribution in [3.63, 3.8) is 0 Å². The number of rotatable bonds is 12. The summed E-state index contributed by atoms with van der Waals surface area (Å²) in [7, 11) is 0. The van der Waals surface area contributed by atoms with E-state index in [-0.39, 0.29) is 18.1 Å². The molecule has 0 amide bonds. The lowest BCUT2D eigenvalue weighted by Gasteiger charge is -2.28. The molecule has 11 heteroatoms. The van der Waals surface area contributed by atoms with E-state index in [1.807, 2.05) is 84.9 Å². The number of hydrogen-bond acceptors (Lipinski definition) is 11. The molecule has 0 bridgehead atoms. The van der Waals surface area contributed by atoms with Crippen LogP contribution in [0.25, 0.3) is 0 Å². The number of benzene rings is 4. The Kier molecular flexibility index (Phi) is 15.9. The third-order valence-electron chi connectivity index (χ3n) is 9.63. The minimum absolute atomic E-state index is 0.0155. The van der Waals surface area contributed by atoms with Crippen LogP contribution in [0.4, 0.5) is 0 Å². The number of nitrogens with one attached hydrogen (secondary N) is 1. The fourth-order valence-electron chi connectivity index (χ4n) is 6.32. The second kappa shape index (κ2) is 21.9. The summed E-state index contributed by atoms with van der Waals surface area (Å²) in [5.74, 6) is 5.50. The Bertz CT molecular complexity index is 1700. The van der Waals surface area contributed by atoms with Gasteiger partial charge in [0.25, 0.3) is 0 Å². The SMILES string of the molecule is NC[C@@H]1COc2ccc(OCc3ccccc3)cc2O1.O=CC1CCOCC1.c1ccc(COc2ccc3c(c2)O[C@H](CNCC2CCOCC2)CO3)cc1. The highest BCUT2D eigenvalue weighted by Gasteiger charge is 2.23. The first-order valence-corrected chi connectivity index (χ1v) is 19.4. The number of ether oxygens (including phenoxy) is 8. The van der Waals surface area contributed by atoms with Crippen molar-refractivity contribution < 1.29 is 42.7 Å². The van der Waals surface area contributed by atoms with Gasteiger partial charge in [-0.2, -0.15) is 0 Å². The van der Waals surface area contributed by atoms with Gasteiger partial charge in [0.1, 0.15) is 56.4 Å². The Morgan fingerprint density at radius 3 is 1.64 bits per heavy atom. The molecule has 0 spiro atoms. The van der Waals surface area contributed by atoms with Crippen LogP contribution in [-0.4, -0.2) is 77.8 Å². The number of fused-ring (bicyclic) bond motifs is 2. The van der Waals surface area contributed by atoms with E-state index in [2.05, 4.69) is 17.4 Å². The summed E-state index contributed by atoms with van der Waals surface area (Å²) in [6.07, 6.45) is 5.07. The van der Waals surface area contributed by atoms with Crippen LogP contribution < -0.4 is 39.5 Å². The topological polar surface area (TPSA) is 129 Å².